The molecule has 0 unspecified atom stereocenters. The van der Waals surface area contributed by atoms with Crippen molar-refractivity contribution in [3.8, 4) is 22.6 Å². The van der Waals surface area contributed by atoms with Crippen molar-refractivity contribution in [3.05, 3.63) is 92.0 Å². The van der Waals surface area contributed by atoms with E-state index in [-0.39, 0.29) is 75.1 Å². The number of nitro benzene ring substituents is 2. The summed E-state index contributed by atoms with van der Waals surface area (Å²) in [6, 6.07) is 13.9. The molecule has 0 bridgehead atoms. The molecule has 3 aromatic carbocycles. The maximum Gasteiger partial charge on any atom is 0.339 e. The van der Waals surface area contributed by atoms with Gasteiger partial charge in [0.2, 0.25) is 0 Å². The monoisotopic (exact) mass is 582 g/mol. The highest BCUT2D eigenvalue weighted by Gasteiger charge is 2.25. The van der Waals surface area contributed by atoms with Gasteiger partial charge in [0, 0.05) is 24.3 Å². The Hall–Kier alpha value is -5.08. The molecule has 0 radical (unpaired) electrons. The number of nitro groups is 2. The van der Waals surface area contributed by atoms with E-state index in [4.69, 9.17) is 28.4 Å². The predicted molar refractivity (Wildman–Crippen MR) is 145 cm³/mol. The Kier molecular flexibility index (Phi) is 10.3. The number of ether oxygens (including phenoxy) is 6. The third kappa shape index (κ3) is 7.77. The van der Waals surface area contributed by atoms with Crippen LogP contribution in [0.2, 0.25) is 0 Å². The first-order valence-corrected chi connectivity index (χ1v) is 12.8. The molecular formula is C28H26N2O12. The van der Waals surface area contributed by atoms with E-state index in [1.807, 2.05) is 0 Å². The molecular weight excluding hydrogens is 556 g/mol. The van der Waals surface area contributed by atoms with E-state index in [1.165, 1.54) is 12.1 Å². The molecule has 0 spiro atoms. The summed E-state index contributed by atoms with van der Waals surface area (Å²) in [6.45, 7) is 0.360. The van der Waals surface area contributed by atoms with Crippen molar-refractivity contribution in [2.45, 2.75) is 0 Å². The number of hydrogen-bond donors (Lipinski definition) is 0. The van der Waals surface area contributed by atoms with Crippen LogP contribution in [-0.2, 0) is 18.9 Å². The van der Waals surface area contributed by atoms with Gasteiger partial charge in [-0.25, -0.2) is 9.59 Å². The molecule has 0 fully saturated rings. The zero-order valence-corrected chi connectivity index (χ0v) is 22.2. The highest BCUT2D eigenvalue weighted by molar-refractivity contribution is 6.04. The molecule has 42 heavy (non-hydrogen) atoms. The Labute approximate surface area is 238 Å². The van der Waals surface area contributed by atoms with Gasteiger partial charge in [-0.05, 0) is 35.4 Å². The SMILES string of the molecule is O=C1OCCOCCOc2ccccc2OCCOCCOC(=O)c2cc([N+](=O)[O-])ccc2-c2ccc([N+](=O)[O-])cc21. The number of non-ortho nitro benzene ring substituents is 2. The average molecular weight is 583 g/mol. The molecule has 1 heterocycles. The fourth-order valence-electron chi connectivity index (χ4n) is 3.96. The Morgan fingerprint density at radius 3 is 1.26 bits per heavy atom. The van der Waals surface area contributed by atoms with Crippen LogP contribution in [0.5, 0.6) is 11.5 Å². The Bertz CT molecular complexity index is 1350. The standard InChI is InChI=1S/C28H26N2O12/c31-27-23-17-19(29(33)34)5-7-21(23)22-8-6-20(30(35)36)18-24(22)28(32)42-16-12-38-10-14-40-26-4-2-1-3-25(26)39-13-9-37-11-15-41-27/h1-8,17-18H,9-16H2. The lowest BCUT2D eigenvalue weighted by Crippen LogP contribution is -2.17. The topological polar surface area (TPSA) is 176 Å². The van der Waals surface area contributed by atoms with Crippen LogP contribution in [0, 0.1) is 20.2 Å². The first-order valence-electron chi connectivity index (χ1n) is 12.8. The van der Waals surface area contributed by atoms with E-state index in [2.05, 4.69) is 0 Å². The van der Waals surface area contributed by atoms with Gasteiger partial charge < -0.3 is 28.4 Å². The highest BCUT2D eigenvalue weighted by atomic mass is 16.6. The molecule has 0 amide bonds. The molecule has 4 rings (SSSR count). The lowest BCUT2D eigenvalue weighted by atomic mass is 9.94. The highest BCUT2D eigenvalue weighted by Crippen LogP contribution is 2.33. The van der Waals surface area contributed by atoms with Crippen LogP contribution in [0.15, 0.2) is 60.7 Å². The van der Waals surface area contributed by atoms with Gasteiger partial charge >= 0.3 is 11.9 Å². The fraction of sp³-hybridized carbons (Fsp3) is 0.286. The maximum absolute atomic E-state index is 13.1. The molecule has 1 aliphatic heterocycles. The number of rotatable bonds is 2. The number of para-hydroxylation sites is 2. The predicted octanol–water partition coefficient (Wildman–Crippen LogP) is 3.99. The van der Waals surface area contributed by atoms with Gasteiger partial charge in [-0.15, -0.1) is 0 Å². The number of benzene rings is 3. The smallest absolute Gasteiger partial charge is 0.339 e. The summed E-state index contributed by atoms with van der Waals surface area (Å²) in [4.78, 5) is 47.6. The summed E-state index contributed by atoms with van der Waals surface area (Å²) in [7, 11) is 0. The number of esters is 2. The van der Waals surface area contributed by atoms with Crippen molar-refractivity contribution in [3.63, 3.8) is 0 Å². The minimum absolute atomic E-state index is 0.00392. The summed E-state index contributed by atoms with van der Waals surface area (Å²) >= 11 is 0. The van der Waals surface area contributed by atoms with E-state index in [0.29, 0.717) is 11.5 Å². The minimum atomic E-state index is -0.923. The summed E-state index contributed by atoms with van der Waals surface area (Å²) in [5, 5.41) is 22.9. The number of nitrogens with zero attached hydrogens (tertiary/aromatic N) is 2. The molecule has 0 saturated carbocycles. The first kappa shape index (κ1) is 29.9. The van der Waals surface area contributed by atoms with E-state index in [9.17, 15) is 29.8 Å². The van der Waals surface area contributed by atoms with Crippen molar-refractivity contribution in [1.29, 1.82) is 0 Å². The largest absolute Gasteiger partial charge is 0.487 e. The van der Waals surface area contributed by atoms with E-state index in [1.54, 1.807) is 24.3 Å². The van der Waals surface area contributed by atoms with Gasteiger partial charge in [0.15, 0.2) is 11.5 Å². The van der Waals surface area contributed by atoms with Crippen molar-refractivity contribution in [2.24, 2.45) is 0 Å². The molecule has 3 aromatic rings. The van der Waals surface area contributed by atoms with Gasteiger partial charge in [-0.3, -0.25) is 20.2 Å². The average Bonchev–Trinajstić information content (AvgIpc) is 2.99. The molecule has 0 N–H and O–H groups in total. The molecule has 14 heteroatoms. The van der Waals surface area contributed by atoms with Gasteiger partial charge in [-0.1, -0.05) is 12.1 Å². The second kappa shape index (κ2) is 14.5. The van der Waals surface area contributed by atoms with E-state index in [0.717, 1.165) is 24.3 Å². The van der Waals surface area contributed by atoms with Gasteiger partial charge in [-0.2, -0.15) is 0 Å². The van der Waals surface area contributed by atoms with Crippen LogP contribution in [0.3, 0.4) is 0 Å². The van der Waals surface area contributed by atoms with Crippen molar-refractivity contribution < 1.29 is 47.9 Å². The second-order valence-corrected chi connectivity index (χ2v) is 8.61. The lowest BCUT2D eigenvalue weighted by Gasteiger charge is -2.15. The first-order chi connectivity index (χ1) is 20.3. The number of carbonyl (C=O) groups excluding carboxylic acids is 2. The molecule has 1 aliphatic rings. The molecule has 14 nitrogen and oxygen atoms in total. The van der Waals surface area contributed by atoms with Crippen LogP contribution in [0.25, 0.3) is 11.1 Å². The van der Waals surface area contributed by atoms with Crippen LogP contribution in [0.4, 0.5) is 11.4 Å². The summed E-state index contributed by atoms with van der Waals surface area (Å²) in [5.41, 5.74) is -1.08. The number of fused-ring (bicyclic) bond motifs is 4. The molecule has 0 saturated heterocycles. The van der Waals surface area contributed by atoms with Crippen LogP contribution in [-0.4, -0.2) is 74.6 Å². The number of hydrogen-bond acceptors (Lipinski definition) is 12. The van der Waals surface area contributed by atoms with Crippen LogP contribution >= 0.6 is 0 Å². The lowest BCUT2D eigenvalue weighted by molar-refractivity contribution is -0.385. The summed E-state index contributed by atoms with van der Waals surface area (Å²) < 4.78 is 32.9. The van der Waals surface area contributed by atoms with Crippen LogP contribution in [0.1, 0.15) is 20.7 Å². The number of cyclic esters (lactones) is 2. The maximum atomic E-state index is 13.1. The van der Waals surface area contributed by atoms with Crippen LogP contribution < -0.4 is 9.47 Å². The zero-order chi connectivity index (χ0) is 29.9. The molecule has 0 aromatic heterocycles. The summed E-state index contributed by atoms with van der Waals surface area (Å²) in [6.07, 6.45) is 0. The fourth-order valence-corrected chi connectivity index (χ4v) is 3.96. The van der Waals surface area contributed by atoms with Gasteiger partial charge in [0.25, 0.3) is 11.4 Å². The molecule has 220 valence electrons. The van der Waals surface area contributed by atoms with Crippen molar-refractivity contribution >= 4 is 23.3 Å². The molecule has 0 atom stereocenters. The Morgan fingerprint density at radius 2 is 0.881 bits per heavy atom. The minimum Gasteiger partial charge on any atom is -0.487 e. The molecule has 0 aliphatic carbocycles. The Morgan fingerprint density at radius 1 is 0.500 bits per heavy atom. The van der Waals surface area contributed by atoms with E-state index >= 15 is 0 Å². The van der Waals surface area contributed by atoms with E-state index < -0.39 is 33.2 Å². The third-order valence-corrected chi connectivity index (χ3v) is 5.90. The van der Waals surface area contributed by atoms with Gasteiger partial charge in [0.05, 0.1) is 47.4 Å². The second-order valence-electron chi connectivity index (χ2n) is 8.61. The number of carbonyl (C=O) groups is 2. The Balaban J connectivity index is 1.62. The summed E-state index contributed by atoms with van der Waals surface area (Å²) in [5.74, 6) is -0.857. The van der Waals surface area contributed by atoms with Crippen molar-refractivity contribution in [2.75, 3.05) is 52.9 Å². The normalized spacial score (nSPS) is 15.4. The quantitative estimate of drug-likeness (QED) is 0.242. The third-order valence-electron chi connectivity index (χ3n) is 5.90. The van der Waals surface area contributed by atoms with Gasteiger partial charge in [0.1, 0.15) is 26.4 Å². The van der Waals surface area contributed by atoms with Crippen molar-refractivity contribution in [1.82, 2.24) is 0 Å². The zero-order valence-electron chi connectivity index (χ0n) is 22.2.